The van der Waals surface area contributed by atoms with Crippen LogP contribution in [0.25, 0.3) is 0 Å². The van der Waals surface area contributed by atoms with Crippen LogP contribution >= 0.6 is 0 Å². The number of piperazine rings is 1. The second-order valence-electron chi connectivity index (χ2n) is 8.42. The Hall–Kier alpha value is -2.97. The standard InChI is InChI=1S/C22H30N6O3/c1-17-19(25-31-24-17)15-22(30)28-10-4-5-18(16-28)7-8-21(29)27-13-11-26(12-14-27)20-6-2-3-9-23-20/h2-3,6,9,18H,4-5,7-8,10-16H2,1H3/t18-/m1/s1. The molecule has 2 amide bonds. The van der Waals surface area contributed by atoms with Gasteiger partial charge >= 0.3 is 0 Å². The maximum atomic E-state index is 12.7. The van der Waals surface area contributed by atoms with Crippen molar-refractivity contribution in [1.29, 1.82) is 0 Å². The fourth-order valence-corrected chi connectivity index (χ4v) is 4.40. The molecule has 2 saturated heterocycles. The highest BCUT2D eigenvalue weighted by atomic mass is 16.6. The Morgan fingerprint density at radius 1 is 1.06 bits per heavy atom. The smallest absolute Gasteiger partial charge is 0.228 e. The number of pyridine rings is 1. The minimum absolute atomic E-state index is 0.0560. The van der Waals surface area contributed by atoms with Gasteiger partial charge in [-0.25, -0.2) is 9.61 Å². The molecule has 2 aromatic rings. The Bertz CT molecular complexity index is 878. The van der Waals surface area contributed by atoms with Crippen molar-refractivity contribution < 1.29 is 14.2 Å². The molecule has 2 aliphatic rings. The van der Waals surface area contributed by atoms with Crippen LogP contribution in [0.5, 0.6) is 0 Å². The molecule has 0 N–H and O–H groups in total. The van der Waals surface area contributed by atoms with Crippen molar-refractivity contribution in [3.8, 4) is 0 Å². The second kappa shape index (κ2) is 9.89. The van der Waals surface area contributed by atoms with E-state index in [1.54, 1.807) is 13.1 Å². The molecule has 0 saturated carbocycles. The molecule has 0 aromatic carbocycles. The molecule has 166 valence electrons. The van der Waals surface area contributed by atoms with Crippen LogP contribution in [0.15, 0.2) is 29.0 Å². The highest BCUT2D eigenvalue weighted by Crippen LogP contribution is 2.23. The number of likely N-dealkylation sites (tertiary alicyclic amines) is 1. The van der Waals surface area contributed by atoms with E-state index in [0.29, 0.717) is 30.3 Å². The average molecular weight is 427 g/mol. The zero-order chi connectivity index (χ0) is 21.6. The summed E-state index contributed by atoms with van der Waals surface area (Å²) in [6, 6.07) is 5.91. The Labute approximate surface area is 182 Å². The molecule has 2 aromatic heterocycles. The first-order chi connectivity index (χ1) is 15.1. The fraction of sp³-hybridized carbons (Fsp3) is 0.591. The molecule has 2 aliphatic heterocycles. The Balaban J connectivity index is 1.20. The van der Waals surface area contributed by atoms with Gasteiger partial charge in [0.1, 0.15) is 17.2 Å². The summed E-state index contributed by atoms with van der Waals surface area (Å²) in [5, 5.41) is 7.55. The van der Waals surface area contributed by atoms with Gasteiger partial charge in [0.25, 0.3) is 0 Å². The summed E-state index contributed by atoms with van der Waals surface area (Å²) in [6.07, 6.45) is 5.44. The molecule has 9 heteroatoms. The number of carbonyl (C=O) groups is 2. The van der Waals surface area contributed by atoms with E-state index in [1.165, 1.54) is 0 Å². The zero-order valence-corrected chi connectivity index (χ0v) is 18.1. The van der Waals surface area contributed by atoms with Gasteiger partial charge in [-0.2, -0.15) is 0 Å². The first-order valence-corrected chi connectivity index (χ1v) is 11.1. The number of carbonyl (C=O) groups excluding carboxylic acids is 2. The van der Waals surface area contributed by atoms with Crippen LogP contribution in [0.3, 0.4) is 0 Å². The van der Waals surface area contributed by atoms with E-state index in [9.17, 15) is 9.59 Å². The van der Waals surface area contributed by atoms with Crippen molar-refractivity contribution in [2.45, 2.75) is 39.0 Å². The van der Waals surface area contributed by atoms with Gasteiger partial charge < -0.3 is 14.7 Å². The number of anilines is 1. The first-order valence-electron chi connectivity index (χ1n) is 11.1. The van der Waals surface area contributed by atoms with Crippen LogP contribution in [-0.4, -0.2) is 76.2 Å². The number of hydrogen-bond donors (Lipinski definition) is 0. The molecule has 0 aliphatic carbocycles. The van der Waals surface area contributed by atoms with Gasteiger partial charge in [-0.1, -0.05) is 16.4 Å². The summed E-state index contributed by atoms with van der Waals surface area (Å²) < 4.78 is 4.69. The monoisotopic (exact) mass is 426 g/mol. The SMILES string of the molecule is Cc1nonc1CC(=O)N1CCC[C@H](CCC(=O)N2CCN(c3ccccn3)CC2)C1. The Kier molecular flexibility index (Phi) is 6.79. The lowest BCUT2D eigenvalue weighted by Crippen LogP contribution is -2.49. The van der Waals surface area contributed by atoms with Gasteiger partial charge in [0, 0.05) is 51.9 Å². The maximum Gasteiger partial charge on any atom is 0.228 e. The topological polar surface area (TPSA) is 95.7 Å². The average Bonchev–Trinajstić information content (AvgIpc) is 3.22. The van der Waals surface area contributed by atoms with Crippen molar-refractivity contribution in [3.63, 3.8) is 0 Å². The molecule has 0 bridgehead atoms. The zero-order valence-electron chi connectivity index (χ0n) is 18.1. The molecule has 4 rings (SSSR count). The second-order valence-corrected chi connectivity index (χ2v) is 8.42. The minimum atomic E-state index is 0.0560. The molecule has 0 unspecified atom stereocenters. The number of rotatable bonds is 6. The summed E-state index contributed by atoms with van der Waals surface area (Å²) in [7, 11) is 0. The van der Waals surface area contributed by atoms with Crippen LogP contribution in [0.4, 0.5) is 5.82 Å². The van der Waals surface area contributed by atoms with Gasteiger partial charge in [-0.05, 0) is 44.2 Å². The summed E-state index contributed by atoms with van der Waals surface area (Å²) in [4.78, 5) is 35.8. The van der Waals surface area contributed by atoms with Crippen molar-refractivity contribution >= 4 is 17.6 Å². The van der Waals surface area contributed by atoms with E-state index in [4.69, 9.17) is 0 Å². The summed E-state index contributed by atoms with van der Waals surface area (Å²) in [6.45, 7) is 6.36. The first kappa shape index (κ1) is 21.3. The molecule has 2 fully saturated rings. The lowest BCUT2D eigenvalue weighted by Gasteiger charge is -2.36. The number of amides is 2. The number of nitrogens with zero attached hydrogens (tertiary/aromatic N) is 6. The normalized spacial score (nSPS) is 19.5. The van der Waals surface area contributed by atoms with Crippen molar-refractivity contribution in [2.75, 3.05) is 44.2 Å². The third-order valence-electron chi connectivity index (χ3n) is 6.31. The van der Waals surface area contributed by atoms with E-state index in [0.717, 1.165) is 57.8 Å². The fourth-order valence-electron chi connectivity index (χ4n) is 4.40. The third-order valence-corrected chi connectivity index (χ3v) is 6.31. The predicted octanol–water partition coefficient (Wildman–Crippen LogP) is 1.68. The minimum Gasteiger partial charge on any atom is -0.353 e. The molecular formula is C22H30N6O3. The molecule has 9 nitrogen and oxygen atoms in total. The van der Waals surface area contributed by atoms with Gasteiger partial charge in [0.05, 0.1) is 6.42 Å². The summed E-state index contributed by atoms with van der Waals surface area (Å²) in [5.41, 5.74) is 1.27. The number of aryl methyl sites for hydroxylation is 1. The van der Waals surface area contributed by atoms with Crippen molar-refractivity contribution in [2.24, 2.45) is 5.92 Å². The van der Waals surface area contributed by atoms with Crippen LogP contribution in [0.2, 0.25) is 0 Å². The summed E-state index contributed by atoms with van der Waals surface area (Å²) in [5.74, 6) is 1.61. The predicted molar refractivity (Wildman–Crippen MR) is 114 cm³/mol. The van der Waals surface area contributed by atoms with Gasteiger partial charge in [0.15, 0.2) is 0 Å². The quantitative estimate of drug-likeness (QED) is 0.693. The number of hydrogen-bond acceptors (Lipinski definition) is 7. The van der Waals surface area contributed by atoms with E-state index in [-0.39, 0.29) is 18.2 Å². The molecule has 1 atom stereocenters. The van der Waals surface area contributed by atoms with Gasteiger partial charge in [-0.15, -0.1) is 0 Å². The number of piperidine rings is 1. The van der Waals surface area contributed by atoms with E-state index < -0.39 is 0 Å². The molecule has 4 heterocycles. The maximum absolute atomic E-state index is 12.7. The highest BCUT2D eigenvalue weighted by molar-refractivity contribution is 5.78. The molecule has 0 radical (unpaired) electrons. The van der Waals surface area contributed by atoms with E-state index in [1.807, 2.05) is 28.0 Å². The van der Waals surface area contributed by atoms with Crippen LogP contribution in [0.1, 0.15) is 37.1 Å². The molecule has 31 heavy (non-hydrogen) atoms. The molecular weight excluding hydrogens is 396 g/mol. The van der Waals surface area contributed by atoms with Gasteiger partial charge in [-0.3, -0.25) is 9.59 Å². The largest absolute Gasteiger partial charge is 0.353 e. The highest BCUT2D eigenvalue weighted by Gasteiger charge is 2.27. The lowest BCUT2D eigenvalue weighted by molar-refractivity contribution is -0.132. The van der Waals surface area contributed by atoms with Gasteiger partial charge in [0.2, 0.25) is 11.8 Å². The molecule has 0 spiro atoms. The summed E-state index contributed by atoms with van der Waals surface area (Å²) >= 11 is 0. The van der Waals surface area contributed by atoms with Crippen LogP contribution in [-0.2, 0) is 16.0 Å². The lowest BCUT2D eigenvalue weighted by atomic mass is 9.92. The van der Waals surface area contributed by atoms with Crippen molar-refractivity contribution in [3.05, 3.63) is 35.8 Å². The third kappa shape index (κ3) is 5.39. The Morgan fingerprint density at radius 3 is 2.61 bits per heavy atom. The Morgan fingerprint density at radius 2 is 1.90 bits per heavy atom. The van der Waals surface area contributed by atoms with E-state index in [2.05, 4.69) is 24.8 Å². The van der Waals surface area contributed by atoms with Crippen LogP contribution in [0, 0.1) is 12.8 Å². The number of aromatic nitrogens is 3. The van der Waals surface area contributed by atoms with E-state index >= 15 is 0 Å². The van der Waals surface area contributed by atoms with Crippen LogP contribution < -0.4 is 4.90 Å². The van der Waals surface area contributed by atoms with Crippen molar-refractivity contribution in [1.82, 2.24) is 25.1 Å².